The van der Waals surface area contributed by atoms with Crippen molar-refractivity contribution in [3.05, 3.63) is 17.4 Å². The minimum atomic E-state index is 0.0289. The number of carbonyl (C=O) groups excluding carboxylic acids is 1. The van der Waals surface area contributed by atoms with Crippen molar-refractivity contribution in [3.8, 4) is 0 Å². The lowest BCUT2D eigenvalue weighted by Crippen LogP contribution is -2.27. The molecule has 0 unspecified atom stereocenters. The van der Waals surface area contributed by atoms with Gasteiger partial charge in [-0.2, -0.15) is 0 Å². The van der Waals surface area contributed by atoms with Crippen LogP contribution in [0.5, 0.6) is 0 Å². The molecule has 110 valence electrons. The molecule has 4 nitrogen and oxygen atoms in total. The van der Waals surface area contributed by atoms with Gasteiger partial charge in [-0.1, -0.05) is 37.8 Å². The average Bonchev–Trinajstić information content (AvgIpc) is 2.45. The van der Waals surface area contributed by atoms with Crippen molar-refractivity contribution in [1.82, 2.24) is 9.97 Å². The molecule has 20 heavy (non-hydrogen) atoms. The van der Waals surface area contributed by atoms with E-state index >= 15 is 0 Å². The quantitative estimate of drug-likeness (QED) is 0.833. The SMILES string of the molecule is CCCCC1CCC(C(=O)Nc2nccc(Cl)n2)CC1. The van der Waals surface area contributed by atoms with Gasteiger partial charge in [0.25, 0.3) is 0 Å². The van der Waals surface area contributed by atoms with Crippen LogP contribution in [0, 0.1) is 11.8 Å². The molecule has 1 aromatic heterocycles. The molecule has 0 bridgehead atoms. The number of aromatic nitrogens is 2. The Kier molecular flexibility index (Phi) is 5.77. The highest BCUT2D eigenvalue weighted by Crippen LogP contribution is 2.32. The average molecular weight is 296 g/mol. The summed E-state index contributed by atoms with van der Waals surface area (Å²) >= 11 is 5.78. The molecule has 0 aromatic carbocycles. The summed E-state index contributed by atoms with van der Waals surface area (Å²) in [6, 6.07) is 1.59. The van der Waals surface area contributed by atoms with Crippen molar-refractivity contribution in [2.45, 2.75) is 51.9 Å². The van der Waals surface area contributed by atoms with Gasteiger partial charge in [0.15, 0.2) is 0 Å². The van der Waals surface area contributed by atoms with Gasteiger partial charge in [0, 0.05) is 12.1 Å². The maximum absolute atomic E-state index is 12.2. The summed E-state index contributed by atoms with van der Waals surface area (Å²) in [7, 11) is 0. The number of unbranched alkanes of at least 4 members (excludes halogenated alkanes) is 1. The summed E-state index contributed by atoms with van der Waals surface area (Å²) < 4.78 is 0. The molecule has 1 saturated carbocycles. The zero-order valence-corrected chi connectivity index (χ0v) is 12.7. The maximum atomic E-state index is 12.2. The van der Waals surface area contributed by atoms with E-state index in [0.29, 0.717) is 11.1 Å². The Morgan fingerprint density at radius 3 is 2.80 bits per heavy atom. The third-order valence-electron chi connectivity index (χ3n) is 4.04. The van der Waals surface area contributed by atoms with Crippen LogP contribution in [0.1, 0.15) is 51.9 Å². The second kappa shape index (κ2) is 7.58. The van der Waals surface area contributed by atoms with Crippen LogP contribution >= 0.6 is 11.6 Å². The third kappa shape index (κ3) is 4.44. The smallest absolute Gasteiger partial charge is 0.230 e. The van der Waals surface area contributed by atoms with Crippen LogP contribution in [0.2, 0.25) is 5.15 Å². The molecule has 5 heteroatoms. The van der Waals surface area contributed by atoms with Gasteiger partial charge in [-0.15, -0.1) is 0 Å². The van der Waals surface area contributed by atoms with E-state index in [1.54, 1.807) is 12.3 Å². The predicted octanol–water partition coefficient (Wildman–Crippen LogP) is 4.07. The van der Waals surface area contributed by atoms with Gasteiger partial charge in [-0.25, -0.2) is 9.97 Å². The van der Waals surface area contributed by atoms with E-state index in [0.717, 1.165) is 31.6 Å². The Bertz CT molecular complexity index is 444. The Hall–Kier alpha value is -1.16. The molecule has 1 amide bonds. The minimum Gasteiger partial charge on any atom is -0.294 e. The molecule has 0 saturated heterocycles. The molecule has 0 spiro atoms. The fourth-order valence-electron chi connectivity index (χ4n) is 2.82. The van der Waals surface area contributed by atoms with Gasteiger partial charge < -0.3 is 0 Å². The molecule has 1 fully saturated rings. The first-order chi connectivity index (χ1) is 9.69. The van der Waals surface area contributed by atoms with E-state index in [1.165, 1.54) is 19.3 Å². The van der Waals surface area contributed by atoms with Crippen LogP contribution < -0.4 is 5.32 Å². The third-order valence-corrected chi connectivity index (χ3v) is 4.25. The normalized spacial score (nSPS) is 22.5. The zero-order chi connectivity index (χ0) is 14.4. The molecular weight excluding hydrogens is 274 g/mol. The highest BCUT2D eigenvalue weighted by molar-refractivity contribution is 6.29. The number of amides is 1. The summed E-state index contributed by atoms with van der Waals surface area (Å²) in [5.74, 6) is 1.23. The molecule has 1 heterocycles. The number of hydrogen-bond acceptors (Lipinski definition) is 3. The van der Waals surface area contributed by atoms with Crippen LogP contribution in [0.3, 0.4) is 0 Å². The Morgan fingerprint density at radius 1 is 1.40 bits per heavy atom. The molecule has 1 aliphatic rings. The lowest BCUT2D eigenvalue weighted by Gasteiger charge is -2.27. The van der Waals surface area contributed by atoms with Crippen LogP contribution in [0.4, 0.5) is 5.95 Å². The lowest BCUT2D eigenvalue weighted by molar-refractivity contribution is -0.121. The lowest BCUT2D eigenvalue weighted by atomic mass is 9.79. The Morgan fingerprint density at radius 2 is 2.15 bits per heavy atom. The van der Waals surface area contributed by atoms with Crippen molar-refractivity contribution < 1.29 is 4.79 Å². The largest absolute Gasteiger partial charge is 0.294 e. The topological polar surface area (TPSA) is 54.9 Å². The molecule has 1 aromatic rings. The van der Waals surface area contributed by atoms with Crippen LogP contribution in [0.25, 0.3) is 0 Å². The second-order valence-electron chi connectivity index (χ2n) is 5.55. The van der Waals surface area contributed by atoms with Gasteiger partial charge in [0.1, 0.15) is 5.15 Å². The van der Waals surface area contributed by atoms with E-state index in [4.69, 9.17) is 11.6 Å². The minimum absolute atomic E-state index is 0.0289. The predicted molar refractivity (Wildman–Crippen MR) is 80.6 cm³/mol. The highest BCUT2D eigenvalue weighted by Gasteiger charge is 2.26. The summed E-state index contributed by atoms with van der Waals surface area (Å²) in [6.45, 7) is 2.23. The summed E-state index contributed by atoms with van der Waals surface area (Å²) in [4.78, 5) is 20.2. The fourth-order valence-corrected chi connectivity index (χ4v) is 2.95. The first-order valence-corrected chi connectivity index (χ1v) is 7.86. The van der Waals surface area contributed by atoms with Crippen molar-refractivity contribution in [3.63, 3.8) is 0 Å². The Labute approximate surface area is 125 Å². The summed E-state index contributed by atoms with van der Waals surface area (Å²) in [6.07, 6.45) is 9.68. The van der Waals surface area contributed by atoms with Gasteiger partial charge in [-0.05, 0) is 37.7 Å². The summed E-state index contributed by atoms with van der Waals surface area (Å²) in [5, 5.41) is 3.11. The van der Waals surface area contributed by atoms with E-state index in [-0.39, 0.29) is 11.8 Å². The van der Waals surface area contributed by atoms with E-state index in [9.17, 15) is 4.79 Å². The van der Waals surface area contributed by atoms with Gasteiger partial charge >= 0.3 is 0 Å². The van der Waals surface area contributed by atoms with Crippen LogP contribution in [-0.4, -0.2) is 15.9 Å². The molecule has 0 radical (unpaired) electrons. The standard InChI is InChI=1S/C15H22ClN3O/c1-2-3-4-11-5-7-12(8-6-11)14(20)19-15-17-10-9-13(16)18-15/h9-12H,2-8H2,1H3,(H,17,18,19,20). The van der Waals surface area contributed by atoms with Crippen LogP contribution in [-0.2, 0) is 4.79 Å². The molecular formula is C15H22ClN3O. The van der Waals surface area contributed by atoms with Crippen molar-refractivity contribution in [1.29, 1.82) is 0 Å². The van der Waals surface area contributed by atoms with E-state index in [1.807, 2.05) is 0 Å². The second-order valence-corrected chi connectivity index (χ2v) is 5.94. The summed E-state index contributed by atoms with van der Waals surface area (Å²) in [5.41, 5.74) is 0. The number of hydrogen-bond donors (Lipinski definition) is 1. The van der Waals surface area contributed by atoms with Gasteiger partial charge in [-0.3, -0.25) is 10.1 Å². The molecule has 1 aliphatic carbocycles. The van der Waals surface area contributed by atoms with Crippen molar-refractivity contribution >= 4 is 23.5 Å². The van der Waals surface area contributed by atoms with Crippen LogP contribution in [0.15, 0.2) is 12.3 Å². The fraction of sp³-hybridized carbons (Fsp3) is 0.667. The van der Waals surface area contributed by atoms with Gasteiger partial charge in [0.05, 0.1) is 0 Å². The number of carbonyl (C=O) groups is 1. The van der Waals surface area contributed by atoms with E-state index < -0.39 is 0 Å². The number of rotatable bonds is 5. The maximum Gasteiger partial charge on any atom is 0.230 e. The molecule has 0 aliphatic heterocycles. The zero-order valence-electron chi connectivity index (χ0n) is 11.9. The monoisotopic (exact) mass is 295 g/mol. The highest BCUT2D eigenvalue weighted by atomic mass is 35.5. The Balaban J connectivity index is 1.80. The number of nitrogens with one attached hydrogen (secondary N) is 1. The van der Waals surface area contributed by atoms with Gasteiger partial charge in [0.2, 0.25) is 11.9 Å². The van der Waals surface area contributed by atoms with E-state index in [2.05, 4.69) is 22.2 Å². The number of nitrogens with zero attached hydrogens (tertiary/aromatic N) is 2. The van der Waals surface area contributed by atoms with Crippen molar-refractivity contribution in [2.24, 2.45) is 11.8 Å². The number of anilines is 1. The first-order valence-electron chi connectivity index (χ1n) is 7.48. The molecule has 2 rings (SSSR count). The number of halogens is 1. The molecule has 1 N–H and O–H groups in total. The first kappa shape index (κ1) is 15.2. The molecule has 0 atom stereocenters. The van der Waals surface area contributed by atoms with Crippen molar-refractivity contribution in [2.75, 3.05) is 5.32 Å².